The van der Waals surface area contributed by atoms with Gasteiger partial charge in [0.2, 0.25) is 0 Å². The van der Waals surface area contributed by atoms with Gasteiger partial charge in [0.15, 0.2) is 6.10 Å². The van der Waals surface area contributed by atoms with Crippen molar-refractivity contribution in [3.05, 3.63) is 57.8 Å². The van der Waals surface area contributed by atoms with Crippen molar-refractivity contribution >= 4 is 23.2 Å². The van der Waals surface area contributed by atoms with Crippen LogP contribution in [0.3, 0.4) is 0 Å². The monoisotopic (exact) mass is 386 g/mol. The molecule has 2 aromatic rings. The van der Waals surface area contributed by atoms with E-state index in [1.807, 2.05) is 29.6 Å². The van der Waals surface area contributed by atoms with Gasteiger partial charge in [0.05, 0.1) is 12.1 Å². The number of ether oxygens (including phenoxy) is 1. The van der Waals surface area contributed by atoms with Crippen molar-refractivity contribution in [2.45, 2.75) is 45.4 Å². The predicted octanol–water partition coefficient (Wildman–Crippen LogP) is 3.60. The van der Waals surface area contributed by atoms with Crippen molar-refractivity contribution in [3.63, 3.8) is 0 Å². The lowest BCUT2D eigenvalue weighted by atomic mass is 10.1. The second kappa shape index (κ2) is 9.67. The van der Waals surface area contributed by atoms with Crippen molar-refractivity contribution < 1.29 is 14.3 Å². The van der Waals surface area contributed by atoms with Crippen LogP contribution < -0.4 is 5.32 Å². The van der Waals surface area contributed by atoms with Crippen LogP contribution in [-0.4, -0.2) is 36.0 Å². The van der Waals surface area contributed by atoms with E-state index >= 15 is 0 Å². The normalized spacial score (nSPS) is 15.9. The molecular formula is C21H26N2O3S. The van der Waals surface area contributed by atoms with E-state index in [0.717, 1.165) is 24.5 Å². The van der Waals surface area contributed by atoms with Crippen molar-refractivity contribution in [1.29, 1.82) is 0 Å². The minimum Gasteiger partial charge on any atom is -0.449 e. The lowest BCUT2D eigenvalue weighted by Gasteiger charge is -2.26. The molecule has 1 aromatic heterocycles. The molecule has 144 valence electrons. The molecule has 0 unspecified atom stereocenters. The number of hydrogen-bond donors (Lipinski definition) is 1. The molecule has 27 heavy (non-hydrogen) atoms. The van der Waals surface area contributed by atoms with Crippen molar-refractivity contribution in [3.8, 4) is 0 Å². The molecule has 1 aromatic carbocycles. The summed E-state index contributed by atoms with van der Waals surface area (Å²) in [4.78, 5) is 27.9. The first-order valence-electron chi connectivity index (χ1n) is 9.44. The van der Waals surface area contributed by atoms with Crippen molar-refractivity contribution in [1.82, 2.24) is 10.2 Å². The van der Waals surface area contributed by atoms with Crippen LogP contribution in [0.1, 0.15) is 47.0 Å². The zero-order valence-corrected chi connectivity index (χ0v) is 16.5. The number of amides is 1. The van der Waals surface area contributed by atoms with E-state index < -0.39 is 12.1 Å². The quantitative estimate of drug-likeness (QED) is 0.739. The van der Waals surface area contributed by atoms with E-state index in [1.54, 1.807) is 30.4 Å². The van der Waals surface area contributed by atoms with E-state index in [9.17, 15) is 9.59 Å². The summed E-state index contributed by atoms with van der Waals surface area (Å²) in [5.41, 5.74) is 1.66. The Kier molecular flexibility index (Phi) is 7.01. The largest absolute Gasteiger partial charge is 0.449 e. The fourth-order valence-electron chi connectivity index (χ4n) is 3.14. The van der Waals surface area contributed by atoms with Gasteiger partial charge in [-0.05, 0) is 62.0 Å². The summed E-state index contributed by atoms with van der Waals surface area (Å²) < 4.78 is 5.30. The van der Waals surface area contributed by atoms with Crippen LogP contribution in [0.15, 0.2) is 41.8 Å². The fraction of sp³-hybridized carbons (Fsp3) is 0.429. The zero-order valence-electron chi connectivity index (χ0n) is 15.6. The molecule has 1 atom stereocenters. The van der Waals surface area contributed by atoms with Crippen LogP contribution in [-0.2, 0) is 22.6 Å². The summed E-state index contributed by atoms with van der Waals surface area (Å²) in [6.07, 6.45) is 3.01. The topological polar surface area (TPSA) is 58.6 Å². The summed E-state index contributed by atoms with van der Waals surface area (Å²) >= 11 is 1.58. The number of esters is 1. The molecule has 0 radical (unpaired) electrons. The third kappa shape index (κ3) is 5.91. The Morgan fingerprint density at radius 2 is 1.89 bits per heavy atom. The van der Waals surface area contributed by atoms with Gasteiger partial charge in [0.1, 0.15) is 0 Å². The summed E-state index contributed by atoms with van der Waals surface area (Å²) in [6.45, 7) is 5.23. The Morgan fingerprint density at radius 3 is 2.56 bits per heavy atom. The van der Waals surface area contributed by atoms with Gasteiger partial charge in [-0.25, -0.2) is 4.79 Å². The molecule has 1 amide bonds. The van der Waals surface area contributed by atoms with Crippen LogP contribution in [0.5, 0.6) is 0 Å². The highest BCUT2D eigenvalue weighted by Gasteiger charge is 2.19. The number of thiophene rings is 1. The number of benzene rings is 1. The zero-order chi connectivity index (χ0) is 19.1. The van der Waals surface area contributed by atoms with E-state index in [1.165, 1.54) is 24.8 Å². The Bertz CT molecular complexity index is 737. The van der Waals surface area contributed by atoms with Crippen LogP contribution in [0, 0.1) is 0 Å². The number of rotatable bonds is 7. The molecule has 1 aliphatic rings. The van der Waals surface area contributed by atoms with Crippen LogP contribution in [0.2, 0.25) is 0 Å². The van der Waals surface area contributed by atoms with E-state index in [2.05, 4.69) is 10.2 Å². The highest BCUT2D eigenvalue weighted by atomic mass is 32.1. The fourth-order valence-corrected chi connectivity index (χ4v) is 3.78. The Balaban J connectivity index is 1.47. The maximum absolute atomic E-state index is 12.3. The highest BCUT2D eigenvalue weighted by molar-refractivity contribution is 7.09. The first-order valence-corrected chi connectivity index (χ1v) is 10.3. The molecule has 6 heteroatoms. The molecule has 0 spiro atoms. The van der Waals surface area contributed by atoms with Crippen LogP contribution in [0.25, 0.3) is 0 Å². The summed E-state index contributed by atoms with van der Waals surface area (Å²) in [5.74, 6) is -0.767. The van der Waals surface area contributed by atoms with Gasteiger partial charge in [-0.15, -0.1) is 11.3 Å². The predicted molar refractivity (Wildman–Crippen MR) is 107 cm³/mol. The molecular weight excluding hydrogens is 360 g/mol. The minimum absolute atomic E-state index is 0.293. The molecule has 0 bridgehead atoms. The third-order valence-electron chi connectivity index (χ3n) is 4.71. The number of piperidine rings is 1. The maximum atomic E-state index is 12.3. The molecule has 2 heterocycles. The second-order valence-electron chi connectivity index (χ2n) is 6.88. The molecule has 3 rings (SSSR count). The molecule has 1 fully saturated rings. The van der Waals surface area contributed by atoms with E-state index in [-0.39, 0.29) is 5.91 Å². The Labute approximate surface area is 164 Å². The summed E-state index contributed by atoms with van der Waals surface area (Å²) in [6, 6.07) is 11.4. The van der Waals surface area contributed by atoms with Gasteiger partial charge in [-0.3, -0.25) is 9.69 Å². The molecule has 1 N–H and O–H groups in total. The van der Waals surface area contributed by atoms with E-state index in [0.29, 0.717) is 12.1 Å². The number of carbonyl (C=O) groups is 2. The molecule has 0 saturated carbocycles. The van der Waals surface area contributed by atoms with Gasteiger partial charge < -0.3 is 10.1 Å². The Hall–Kier alpha value is -2.18. The maximum Gasteiger partial charge on any atom is 0.338 e. The van der Waals surface area contributed by atoms with Crippen LogP contribution in [0.4, 0.5) is 0 Å². The molecule has 0 aliphatic carbocycles. The summed E-state index contributed by atoms with van der Waals surface area (Å²) in [5, 5.41) is 4.74. The van der Waals surface area contributed by atoms with Gasteiger partial charge in [-0.1, -0.05) is 24.6 Å². The number of likely N-dealkylation sites (tertiary alicyclic amines) is 1. The van der Waals surface area contributed by atoms with Crippen molar-refractivity contribution in [2.24, 2.45) is 0 Å². The third-order valence-corrected chi connectivity index (χ3v) is 5.59. The van der Waals surface area contributed by atoms with Gasteiger partial charge in [0, 0.05) is 11.4 Å². The minimum atomic E-state index is -0.828. The van der Waals surface area contributed by atoms with Gasteiger partial charge in [-0.2, -0.15) is 0 Å². The van der Waals surface area contributed by atoms with Crippen molar-refractivity contribution in [2.75, 3.05) is 13.1 Å². The average Bonchev–Trinajstić information content (AvgIpc) is 3.21. The molecule has 5 nitrogen and oxygen atoms in total. The number of carbonyl (C=O) groups excluding carboxylic acids is 2. The Morgan fingerprint density at radius 1 is 1.15 bits per heavy atom. The van der Waals surface area contributed by atoms with Gasteiger partial charge >= 0.3 is 5.97 Å². The highest BCUT2D eigenvalue weighted by Crippen LogP contribution is 2.14. The standard InChI is InChI=1S/C21H26N2O3S/c1-16(20(24)22-14-19-6-5-13-27-19)26-21(25)18-9-7-17(8-10-18)15-23-11-3-2-4-12-23/h5-10,13,16H,2-4,11-12,14-15H2,1H3,(H,22,24)/t16-/m0/s1. The number of hydrogen-bond acceptors (Lipinski definition) is 5. The average molecular weight is 387 g/mol. The van der Waals surface area contributed by atoms with E-state index in [4.69, 9.17) is 4.74 Å². The molecule has 1 aliphatic heterocycles. The van der Waals surface area contributed by atoms with Gasteiger partial charge in [0.25, 0.3) is 5.91 Å². The lowest BCUT2D eigenvalue weighted by Crippen LogP contribution is -2.35. The first-order chi connectivity index (χ1) is 13.1. The smallest absolute Gasteiger partial charge is 0.338 e. The molecule has 1 saturated heterocycles. The number of nitrogens with zero attached hydrogens (tertiary/aromatic N) is 1. The second-order valence-corrected chi connectivity index (χ2v) is 7.91. The number of nitrogens with one attached hydrogen (secondary N) is 1. The SMILES string of the molecule is C[C@H](OC(=O)c1ccc(CN2CCCCC2)cc1)C(=O)NCc1cccs1. The first kappa shape index (κ1) is 19.6. The summed E-state index contributed by atoms with van der Waals surface area (Å²) in [7, 11) is 0. The van der Waals surface area contributed by atoms with Crippen LogP contribution >= 0.6 is 11.3 Å². The lowest BCUT2D eigenvalue weighted by molar-refractivity contribution is -0.129.